The van der Waals surface area contributed by atoms with Crippen molar-refractivity contribution in [3.05, 3.63) is 71.3 Å². The maximum Gasteiger partial charge on any atom is 0.326 e. The van der Waals surface area contributed by atoms with Crippen molar-refractivity contribution in [2.45, 2.75) is 24.9 Å². The van der Waals surface area contributed by atoms with Gasteiger partial charge in [-0.3, -0.25) is 24.6 Å². The molecule has 3 amide bonds. The summed E-state index contributed by atoms with van der Waals surface area (Å²) in [6, 6.07) is 11.9. The summed E-state index contributed by atoms with van der Waals surface area (Å²) >= 11 is 0. The van der Waals surface area contributed by atoms with Gasteiger partial charge < -0.3 is 31.1 Å². The monoisotopic (exact) mass is 509 g/mol. The number of hydrogen-bond acceptors (Lipinski definition) is 6. The Kier molecular flexibility index (Phi) is 8.56. The van der Waals surface area contributed by atoms with Crippen LogP contribution in [0.25, 0.3) is 0 Å². The van der Waals surface area contributed by atoms with E-state index in [1.165, 1.54) is 24.3 Å². The molecule has 0 saturated carbocycles. The lowest BCUT2D eigenvalue weighted by Crippen LogP contribution is -2.63. The largest absolute Gasteiger partial charge is 0.481 e. The highest BCUT2D eigenvalue weighted by molar-refractivity contribution is 6.00. The SMILES string of the molecule is N=C(N)c1ccc(C(=O)NCC(=O)N2CCN([C@@H](Cc3ccccc3)C(=O)O)C(=O)C2CC(=O)O)cc1. The van der Waals surface area contributed by atoms with E-state index in [2.05, 4.69) is 5.32 Å². The summed E-state index contributed by atoms with van der Waals surface area (Å²) in [6.07, 6.45) is -0.687. The smallest absolute Gasteiger partial charge is 0.326 e. The number of amides is 3. The van der Waals surface area contributed by atoms with Gasteiger partial charge in [0.1, 0.15) is 17.9 Å². The number of nitrogen functional groups attached to an aromatic ring is 1. The lowest BCUT2D eigenvalue weighted by atomic mass is 10.0. The molecule has 6 N–H and O–H groups in total. The van der Waals surface area contributed by atoms with Crippen LogP contribution in [0.2, 0.25) is 0 Å². The first-order valence-corrected chi connectivity index (χ1v) is 11.4. The van der Waals surface area contributed by atoms with Crippen LogP contribution < -0.4 is 11.1 Å². The third-order valence-electron chi connectivity index (χ3n) is 6.01. The second-order valence-corrected chi connectivity index (χ2v) is 8.45. The number of amidine groups is 1. The zero-order valence-corrected chi connectivity index (χ0v) is 19.8. The lowest BCUT2D eigenvalue weighted by Gasteiger charge is -2.42. The number of carboxylic acid groups (broad SMARTS) is 2. The average Bonchev–Trinajstić information content (AvgIpc) is 2.87. The molecule has 12 nitrogen and oxygen atoms in total. The lowest BCUT2D eigenvalue weighted by molar-refractivity contribution is -0.161. The van der Waals surface area contributed by atoms with Crippen molar-refractivity contribution in [3.8, 4) is 0 Å². The minimum Gasteiger partial charge on any atom is -0.481 e. The van der Waals surface area contributed by atoms with Gasteiger partial charge in [0.05, 0.1) is 13.0 Å². The molecule has 2 aromatic rings. The van der Waals surface area contributed by atoms with E-state index in [1.54, 1.807) is 30.3 Å². The van der Waals surface area contributed by atoms with Crippen LogP contribution in [0.5, 0.6) is 0 Å². The van der Waals surface area contributed by atoms with E-state index < -0.39 is 54.7 Å². The van der Waals surface area contributed by atoms with Crippen molar-refractivity contribution in [2.24, 2.45) is 5.73 Å². The summed E-state index contributed by atoms with van der Waals surface area (Å²) in [5.41, 5.74) is 6.72. The Morgan fingerprint density at radius 3 is 2.19 bits per heavy atom. The van der Waals surface area contributed by atoms with Crippen LogP contribution >= 0.6 is 0 Å². The molecule has 1 aliphatic heterocycles. The van der Waals surface area contributed by atoms with Crippen molar-refractivity contribution >= 4 is 35.5 Å². The van der Waals surface area contributed by atoms with E-state index in [0.29, 0.717) is 11.1 Å². The number of nitrogens with one attached hydrogen (secondary N) is 2. The number of nitrogens with zero attached hydrogens (tertiary/aromatic N) is 2. The third kappa shape index (κ3) is 6.69. The van der Waals surface area contributed by atoms with E-state index in [9.17, 15) is 34.2 Å². The molecular weight excluding hydrogens is 482 g/mol. The number of rotatable bonds is 10. The van der Waals surface area contributed by atoms with E-state index in [4.69, 9.17) is 11.1 Å². The minimum atomic E-state index is -1.41. The van der Waals surface area contributed by atoms with E-state index in [0.717, 1.165) is 9.80 Å². The highest BCUT2D eigenvalue weighted by Gasteiger charge is 2.42. The molecule has 1 unspecified atom stereocenters. The van der Waals surface area contributed by atoms with E-state index >= 15 is 0 Å². The minimum absolute atomic E-state index is 0.0220. The maximum absolute atomic E-state index is 13.2. The van der Waals surface area contributed by atoms with Gasteiger partial charge in [-0.25, -0.2) is 4.79 Å². The van der Waals surface area contributed by atoms with Crippen LogP contribution in [0.1, 0.15) is 27.9 Å². The van der Waals surface area contributed by atoms with Gasteiger partial charge in [-0.05, 0) is 17.7 Å². The number of benzene rings is 2. The fourth-order valence-corrected chi connectivity index (χ4v) is 4.11. The van der Waals surface area contributed by atoms with Crippen LogP contribution in [0.15, 0.2) is 54.6 Å². The second-order valence-electron chi connectivity index (χ2n) is 8.45. The molecule has 0 aliphatic carbocycles. The number of nitrogens with two attached hydrogens (primary N) is 1. The highest BCUT2D eigenvalue weighted by atomic mass is 16.4. The van der Waals surface area contributed by atoms with Crippen molar-refractivity contribution < 1.29 is 34.2 Å². The Bertz CT molecular complexity index is 1200. The van der Waals surface area contributed by atoms with Crippen molar-refractivity contribution in [1.82, 2.24) is 15.1 Å². The molecule has 0 aromatic heterocycles. The molecule has 2 aromatic carbocycles. The fourth-order valence-electron chi connectivity index (χ4n) is 4.11. The molecule has 1 heterocycles. The van der Waals surface area contributed by atoms with E-state index in [1.807, 2.05) is 0 Å². The quantitative estimate of drug-likeness (QED) is 0.216. The van der Waals surface area contributed by atoms with Gasteiger partial charge in [0, 0.05) is 30.6 Å². The topological polar surface area (TPSA) is 194 Å². The zero-order valence-electron chi connectivity index (χ0n) is 19.8. The summed E-state index contributed by atoms with van der Waals surface area (Å²) < 4.78 is 0. The predicted octanol–water partition coefficient (Wildman–Crippen LogP) is -0.0895. The molecule has 194 valence electrons. The standard InChI is InChI=1S/C25H27N5O7/c26-22(27)16-6-8-17(9-7-16)23(34)28-14-20(31)29-10-11-30(24(35)18(29)13-21(32)33)19(25(36)37)12-15-4-2-1-3-5-15/h1-9,18-19H,10-14H2,(H3,26,27)(H,28,34)(H,32,33)(H,36,37)/t18?,19-/m0/s1. The number of carboxylic acids is 2. The van der Waals surface area contributed by atoms with Crippen LogP contribution in [-0.2, 0) is 25.6 Å². The number of piperazine rings is 1. The summed E-state index contributed by atoms with van der Waals surface area (Å²) in [5, 5.41) is 29.0. The van der Waals surface area contributed by atoms with Crippen LogP contribution in [-0.4, -0.2) is 87.2 Å². The van der Waals surface area contributed by atoms with Crippen molar-refractivity contribution in [2.75, 3.05) is 19.6 Å². The van der Waals surface area contributed by atoms with Gasteiger partial charge >= 0.3 is 11.9 Å². The molecule has 1 saturated heterocycles. The normalized spacial score (nSPS) is 16.1. The first-order valence-electron chi connectivity index (χ1n) is 11.4. The van der Waals surface area contributed by atoms with Gasteiger partial charge in [0.2, 0.25) is 11.8 Å². The van der Waals surface area contributed by atoms with Gasteiger partial charge in [-0.1, -0.05) is 42.5 Å². The Balaban J connectivity index is 1.71. The molecule has 0 radical (unpaired) electrons. The maximum atomic E-state index is 13.2. The highest BCUT2D eigenvalue weighted by Crippen LogP contribution is 2.20. The van der Waals surface area contributed by atoms with Gasteiger partial charge in [-0.2, -0.15) is 0 Å². The zero-order chi connectivity index (χ0) is 27.1. The van der Waals surface area contributed by atoms with Crippen molar-refractivity contribution in [3.63, 3.8) is 0 Å². The molecule has 0 bridgehead atoms. The molecule has 12 heteroatoms. The number of hydrogen-bond donors (Lipinski definition) is 5. The first-order chi connectivity index (χ1) is 17.6. The van der Waals surface area contributed by atoms with Crippen LogP contribution in [0.3, 0.4) is 0 Å². The molecule has 37 heavy (non-hydrogen) atoms. The molecule has 2 atom stereocenters. The summed E-state index contributed by atoms with van der Waals surface area (Å²) in [7, 11) is 0. The Hall–Kier alpha value is -4.74. The number of carbonyl (C=O) groups excluding carboxylic acids is 3. The van der Waals surface area contributed by atoms with Gasteiger partial charge in [-0.15, -0.1) is 0 Å². The third-order valence-corrected chi connectivity index (χ3v) is 6.01. The first kappa shape index (κ1) is 26.9. The van der Waals surface area contributed by atoms with Gasteiger partial charge in [0.25, 0.3) is 5.91 Å². The Labute approximate surface area is 212 Å². The van der Waals surface area contributed by atoms with Crippen molar-refractivity contribution in [1.29, 1.82) is 5.41 Å². The van der Waals surface area contributed by atoms with Crippen LogP contribution in [0, 0.1) is 5.41 Å². The molecule has 1 aliphatic rings. The summed E-state index contributed by atoms with van der Waals surface area (Å²) in [4.78, 5) is 64.2. The summed E-state index contributed by atoms with van der Waals surface area (Å²) in [6.45, 7) is -0.696. The number of carbonyl (C=O) groups is 5. The second kappa shape index (κ2) is 11.8. The molecule has 1 fully saturated rings. The Morgan fingerprint density at radius 2 is 1.62 bits per heavy atom. The Morgan fingerprint density at radius 1 is 1.00 bits per heavy atom. The molecule has 3 rings (SSSR count). The van der Waals surface area contributed by atoms with Gasteiger partial charge in [0.15, 0.2) is 0 Å². The summed E-state index contributed by atoms with van der Waals surface area (Å²) in [5.74, 6) is -4.78. The average molecular weight is 510 g/mol. The number of aliphatic carboxylic acids is 2. The molecule has 0 spiro atoms. The van der Waals surface area contributed by atoms with E-state index in [-0.39, 0.29) is 30.9 Å². The fraction of sp³-hybridized carbons (Fsp3) is 0.280. The molecular formula is C25H27N5O7. The predicted molar refractivity (Wildman–Crippen MR) is 131 cm³/mol. The van der Waals surface area contributed by atoms with Crippen LogP contribution in [0.4, 0.5) is 0 Å².